The summed E-state index contributed by atoms with van der Waals surface area (Å²) in [6.45, 7) is 0. The van der Waals surface area contributed by atoms with E-state index in [-0.39, 0.29) is 11.5 Å². The predicted octanol–water partition coefficient (Wildman–Crippen LogP) is 4.62. The van der Waals surface area contributed by atoms with Crippen LogP contribution in [0.4, 0.5) is 14.7 Å². The molecule has 0 atom stereocenters. The molecule has 1 aliphatic rings. The maximum atomic E-state index is 13.2. The topological polar surface area (TPSA) is 82.8 Å². The average Bonchev–Trinajstić information content (AvgIpc) is 3.54. The van der Waals surface area contributed by atoms with Gasteiger partial charge < -0.3 is 0 Å². The van der Waals surface area contributed by atoms with Gasteiger partial charge in [0.25, 0.3) is 0 Å². The fraction of sp³-hybridized carbons (Fsp3) is 0. The molecule has 0 aliphatic carbocycles. The Morgan fingerprint density at radius 1 is 1.00 bits per heavy atom. The molecule has 1 amide bonds. The summed E-state index contributed by atoms with van der Waals surface area (Å²) < 4.78 is 13.2. The molecule has 0 saturated heterocycles. The highest BCUT2D eigenvalue weighted by Gasteiger charge is 2.35. The molecule has 1 aliphatic heterocycles. The predicted molar refractivity (Wildman–Crippen MR) is 121 cm³/mol. The first-order chi connectivity index (χ1) is 15.2. The van der Waals surface area contributed by atoms with Gasteiger partial charge in [-0.05, 0) is 24.3 Å². The molecular weight excluding hydrogens is 435 g/mol. The highest BCUT2D eigenvalue weighted by atomic mass is 32.1. The molecule has 152 valence electrons. The number of carbonyl (C=O) groups excluding carboxylic acids is 1. The van der Waals surface area contributed by atoms with Crippen molar-refractivity contribution in [1.82, 2.24) is 9.97 Å². The second-order valence-corrected chi connectivity index (χ2v) is 8.09. The standard InChI is InChI=1S/C21H13FN6OS2/c22-15-8-6-13(7-9-15)16-12-31-21(24-16)28-19(29)18(25-26-20-23-10-11-30-20)17(27-28)14-4-2-1-3-5-14/h1-12H,(H,23,26)/b25-18-. The number of thiazole rings is 2. The lowest BCUT2D eigenvalue weighted by molar-refractivity contribution is -0.112. The number of nitrogens with zero attached hydrogens (tertiary/aromatic N) is 5. The Kier molecular flexibility index (Phi) is 5.06. The maximum absolute atomic E-state index is 13.2. The van der Waals surface area contributed by atoms with Gasteiger partial charge in [0.1, 0.15) is 11.5 Å². The molecule has 31 heavy (non-hydrogen) atoms. The van der Waals surface area contributed by atoms with Crippen LogP contribution < -0.4 is 10.4 Å². The molecule has 0 bridgehead atoms. The fourth-order valence-electron chi connectivity index (χ4n) is 2.91. The second kappa shape index (κ2) is 8.17. The number of hydrogen-bond donors (Lipinski definition) is 1. The van der Waals surface area contributed by atoms with Gasteiger partial charge in [0.05, 0.1) is 5.69 Å². The first kappa shape index (κ1) is 19.2. The van der Waals surface area contributed by atoms with Gasteiger partial charge in [0.15, 0.2) is 5.71 Å². The quantitative estimate of drug-likeness (QED) is 0.452. The Morgan fingerprint density at radius 3 is 2.55 bits per heavy atom. The van der Waals surface area contributed by atoms with Crippen molar-refractivity contribution in [3.63, 3.8) is 0 Å². The van der Waals surface area contributed by atoms with Crippen molar-refractivity contribution in [3.05, 3.63) is 82.9 Å². The van der Waals surface area contributed by atoms with E-state index in [0.29, 0.717) is 21.7 Å². The van der Waals surface area contributed by atoms with Gasteiger partial charge in [-0.2, -0.15) is 15.2 Å². The maximum Gasteiger partial charge on any atom is 0.303 e. The summed E-state index contributed by atoms with van der Waals surface area (Å²) in [5.41, 5.74) is 5.57. The van der Waals surface area contributed by atoms with Crippen molar-refractivity contribution in [2.45, 2.75) is 0 Å². The zero-order chi connectivity index (χ0) is 21.2. The van der Waals surface area contributed by atoms with Crippen LogP contribution in [-0.4, -0.2) is 27.3 Å². The van der Waals surface area contributed by atoms with Gasteiger partial charge in [-0.1, -0.05) is 30.3 Å². The van der Waals surface area contributed by atoms with Gasteiger partial charge in [0, 0.05) is 28.1 Å². The number of nitrogens with one attached hydrogen (secondary N) is 1. The number of aromatic nitrogens is 2. The van der Waals surface area contributed by atoms with Crippen LogP contribution in [0, 0.1) is 5.82 Å². The van der Waals surface area contributed by atoms with Gasteiger partial charge in [-0.15, -0.1) is 22.7 Å². The van der Waals surface area contributed by atoms with Crippen molar-refractivity contribution in [2.75, 3.05) is 10.4 Å². The zero-order valence-corrected chi connectivity index (χ0v) is 17.4. The number of benzene rings is 2. The molecule has 5 rings (SSSR count). The first-order valence-corrected chi connectivity index (χ1v) is 10.9. The SMILES string of the molecule is O=C1/C(=N\Nc2nccs2)C(c2ccccc2)=NN1c1nc(-c2ccc(F)cc2)cs1. The van der Waals surface area contributed by atoms with Crippen LogP contribution in [0.1, 0.15) is 5.56 Å². The van der Waals surface area contributed by atoms with E-state index < -0.39 is 5.91 Å². The van der Waals surface area contributed by atoms with Crippen molar-refractivity contribution in [3.8, 4) is 11.3 Å². The number of anilines is 2. The molecule has 0 unspecified atom stereocenters. The van der Waals surface area contributed by atoms with Crippen LogP contribution in [0.5, 0.6) is 0 Å². The third-order valence-electron chi connectivity index (χ3n) is 4.38. The summed E-state index contributed by atoms with van der Waals surface area (Å²) >= 11 is 2.64. The molecule has 0 fully saturated rings. The lowest BCUT2D eigenvalue weighted by Crippen LogP contribution is -2.28. The Bertz CT molecular complexity index is 1280. The van der Waals surface area contributed by atoms with E-state index in [1.165, 1.54) is 39.8 Å². The van der Waals surface area contributed by atoms with Crippen LogP contribution >= 0.6 is 22.7 Å². The summed E-state index contributed by atoms with van der Waals surface area (Å²) in [4.78, 5) is 21.8. The molecule has 7 nitrogen and oxygen atoms in total. The monoisotopic (exact) mass is 448 g/mol. The van der Waals surface area contributed by atoms with Crippen LogP contribution in [0.25, 0.3) is 11.3 Å². The average molecular weight is 449 g/mol. The Morgan fingerprint density at radius 2 is 1.81 bits per heavy atom. The molecule has 0 radical (unpaired) electrons. The lowest BCUT2D eigenvalue weighted by atomic mass is 10.1. The van der Waals surface area contributed by atoms with Crippen LogP contribution in [0.3, 0.4) is 0 Å². The van der Waals surface area contributed by atoms with E-state index >= 15 is 0 Å². The van der Waals surface area contributed by atoms with E-state index in [9.17, 15) is 9.18 Å². The van der Waals surface area contributed by atoms with Crippen molar-refractivity contribution in [2.24, 2.45) is 10.2 Å². The normalized spacial score (nSPS) is 14.9. The number of amides is 1. The molecular formula is C21H13FN6OS2. The molecule has 0 spiro atoms. The van der Waals surface area contributed by atoms with Crippen LogP contribution in [0.15, 0.2) is 81.8 Å². The second-order valence-electron chi connectivity index (χ2n) is 6.36. The first-order valence-electron chi connectivity index (χ1n) is 9.12. The van der Waals surface area contributed by atoms with E-state index in [0.717, 1.165) is 11.1 Å². The summed E-state index contributed by atoms with van der Waals surface area (Å²) in [5, 5.41) is 14.6. The Hall–Kier alpha value is -3.76. The number of hydrazone groups is 2. The third kappa shape index (κ3) is 3.86. The minimum absolute atomic E-state index is 0.167. The number of carbonyl (C=O) groups is 1. The number of halogens is 1. The summed E-state index contributed by atoms with van der Waals surface area (Å²) in [5.74, 6) is -0.720. The molecule has 1 N–H and O–H groups in total. The smallest absolute Gasteiger partial charge is 0.265 e. The summed E-state index contributed by atoms with van der Waals surface area (Å²) in [6.07, 6.45) is 1.65. The van der Waals surface area contributed by atoms with Crippen molar-refractivity contribution >= 4 is 50.3 Å². The molecule has 2 aromatic carbocycles. The molecule has 2 aromatic heterocycles. The number of hydrogen-bond acceptors (Lipinski definition) is 8. The van der Waals surface area contributed by atoms with Crippen LogP contribution in [-0.2, 0) is 4.79 Å². The molecule has 3 heterocycles. The molecule has 4 aromatic rings. The Labute approximate surface area is 184 Å². The van der Waals surface area contributed by atoms with Crippen molar-refractivity contribution in [1.29, 1.82) is 0 Å². The largest absolute Gasteiger partial charge is 0.303 e. The van der Waals surface area contributed by atoms with Gasteiger partial charge in [-0.25, -0.2) is 14.4 Å². The third-order valence-corrected chi connectivity index (χ3v) is 5.87. The van der Waals surface area contributed by atoms with E-state index in [1.54, 1.807) is 23.7 Å². The Balaban J connectivity index is 1.50. The lowest BCUT2D eigenvalue weighted by Gasteiger charge is -2.06. The zero-order valence-electron chi connectivity index (χ0n) is 15.8. The molecule has 0 saturated carbocycles. The minimum atomic E-state index is -0.400. The fourth-order valence-corrected chi connectivity index (χ4v) is 4.16. The van der Waals surface area contributed by atoms with Gasteiger partial charge in [-0.3, -0.25) is 10.2 Å². The highest BCUT2D eigenvalue weighted by Crippen LogP contribution is 2.30. The van der Waals surface area contributed by atoms with Crippen molar-refractivity contribution < 1.29 is 9.18 Å². The summed E-state index contributed by atoms with van der Waals surface area (Å²) in [6, 6.07) is 15.4. The highest BCUT2D eigenvalue weighted by molar-refractivity contribution is 7.14. The molecule has 10 heteroatoms. The van der Waals surface area contributed by atoms with E-state index in [4.69, 9.17) is 0 Å². The van der Waals surface area contributed by atoms with E-state index in [2.05, 4.69) is 25.6 Å². The van der Waals surface area contributed by atoms with Crippen LogP contribution in [0.2, 0.25) is 0 Å². The van der Waals surface area contributed by atoms with Gasteiger partial charge >= 0.3 is 5.91 Å². The van der Waals surface area contributed by atoms with Gasteiger partial charge in [0.2, 0.25) is 10.3 Å². The van der Waals surface area contributed by atoms with E-state index in [1.807, 2.05) is 35.7 Å². The number of rotatable bonds is 5. The summed E-state index contributed by atoms with van der Waals surface area (Å²) in [7, 11) is 0. The minimum Gasteiger partial charge on any atom is -0.265 e.